The Kier molecular flexibility index (Phi) is 12.2. The minimum absolute atomic E-state index is 0.148. The molecule has 1 aliphatic carbocycles. The lowest BCUT2D eigenvalue weighted by Crippen LogP contribution is -2.20. The van der Waals surface area contributed by atoms with Gasteiger partial charge < -0.3 is 4.90 Å². The van der Waals surface area contributed by atoms with Crippen LogP contribution in [0.25, 0.3) is 38.1 Å². The molecule has 1 aromatic heterocycles. The smallest absolute Gasteiger partial charge is 0.0618 e. The number of allylic oxidation sites excluding steroid dienone is 5. The predicted octanol–water partition coefficient (Wildman–Crippen LogP) is 17.9. The summed E-state index contributed by atoms with van der Waals surface area (Å²) >= 11 is 1.95. The number of aryl methyl sites for hydroxylation is 1. The van der Waals surface area contributed by atoms with Crippen molar-refractivity contribution in [3.8, 4) is 10.4 Å². The molecule has 0 radical (unpaired) electrons. The number of rotatable bonds is 15. The first kappa shape index (κ1) is 42.1. The van der Waals surface area contributed by atoms with Crippen LogP contribution in [0.4, 0.5) is 17.1 Å². The molecule has 0 aliphatic heterocycles. The van der Waals surface area contributed by atoms with Gasteiger partial charge in [0, 0.05) is 48.3 Å². The standard InChI is InChI=1S/C61H59NS/c1-6-7-8-11-24-45-43-57(63-56(45)42-33-44-22-16-17-23-44)58-52-29-18-20-31-54(52)59(55-32-21-19-30-53(55)58)62(50-38-34-48(35-39-50)60(2,3)46-25-12-9-13-26-46)51-40-36-49(37-41-51)61(4,5)47-27-14-10-15-28-47/h9-10,12-22,25-43H,6-8,11,23-24H2,1-5H3/b42-33+. The zero-order valence-electron chi connectivity index (χ0n) is 37.6. The largest absolute Gasteiger partial charge is 0.309 e. The highest BCUT2D eigenvalue weighted by Gasteiger charge is 2.27. The van der Waals surface area contributed by atoms with Crippen LogP contribution >= 0.6 is 11.3 Å². The van der Waals surface area contributed by atoms with E-state index in [1.807, 2.05) is 11.3 Å². The van der Waals surface area contributed by atoms with Gasteiger partial charge in [-0.15, -0.1) is 11.3 Å². The van der Waals surface area contributed by atoms with Gasteiger partial charge in [-0.25, -0.2) is 0 Å². The van der Waals surface area contributed by atoms with Gasteiger partial charge in [0.05, 0.1) is 5.69 Å². The first-order chi connectivity index (χ1) is 30.7. The van der Waals surface area contributed by atoms with Gasteiger partial charge in [0.1, 0.15) is 0 Å². The number of nitrogens with zero attached hydrogens (tertiary/aromatic N) is 1. The second-order valence-electron chi connectivity index (χ2n) is 18.2. The van der Waals surface area contributed by atoms with Crippen LogP contribution in [-0.4, -0.2) is 0 Å². The Morgan fingerprint density at radius 1 is 0.540 bits per heavy atom. The van der Waals surface area contributed by atoms with E-state index in [-0.39, 0.29) is 10.8 Å². The molecule has 2 heteroatoms. The Morgan fingerprint density at radius 3 is 1.52 bits per heavy atom. The van der Waals surface area contributed by atoms with Gasteiger partial charge in [0.15, 0.2) is 0 Å². The molecule has 0 spiro atoms. The fraction of sp³-hybridized carbons (Fsp3) is 0.213. The number of benzene rings is 7. The molecule has 9 rings (SSSR count). The van der Waals surface area contributed by atoms with Crippen molar-refractivity contribution in [2.75, 3.05) is 4.90 Å². The summed E-state index contributed by atoms with van der Waals surface area (Å²) in [4.78, 5) is 5.23. The van der Waals surface area contributed by atoms with Gasteiger partial charge in [0.25, 0.3) is 0 Å². The lowest BCUT2D eigenvalue weighted by atomic mass is 9.78. The van der Waals surface area contributed by atoms with Crippen LogP contribution in [-0.2, 0) is 17.3 Å². The third-order valence-electron chi connectivity index (χ3n) is 13.4. The predicted molar refractivity (Wildman–Crippen MR) is 275 cm³/mol. The minimum Gasteiger partial charge on any atom is -0.309 e. The second kappa shape index (κ2) is 18.2. The van der Waals surface area contributed by atoms with Crippen molar-refractivity contribution in [2.24, 2.45) is 0 Å². The third-order valence-corrected chi connectivity index (χ3v) is 14.6. The number of anilines is 3. The quantitative estimate of drug-likeness (QED) is 0.0734. The molecule has 1 nitrogen and oxygen atoms in total. The van der Waals surface area contributed by atoms with Gasteiger partial charge in [-0.2, -0.15) is 0 Å². The number of unbranched alkanes of at least 4 members (excludes halogenated alkanes) is 3. The van der Waals surface area contributed by atoms with Crippen molar-refractivity contribution in [3.05, 3.63) is 226 Å². The molecular weight excluding hydrogens is 779 g/mol. The van der Waals surface area contributed by atoms with Crippen LogP contribution in [0.5, 0.6) is 0 Å². The fourth-order valence-electron chi connectivity index (χ4n) is 9.53. The highest BCUT2D eigenvalue weighted by Crippen LogP contribution is 2.50. The first-order valence-corrected chi connectivity index (χ1v) is 23.8. The molecule has 0 saturated carbocycles. The topological polar surface area (TPSA) is 3.24 Å². The molecule has 0 fully saturated rings. The van der Waals surface area contributed by atoms with Gasteiger partial charge in [-0.3, -0.25) is 0 Å². The summed E-state index contributed by atoms with van der Waals surface area (Å²) in [6, 6.07) is 61.2. The van der Waals surface area contributed by atoms with Crippen LogP contribution in [0.15, 0.2) is 194 Å². The monoisotopic (exact) mass is 837 g/mol. The summed E-state index contributed by atoms with van der Waals surface area (Å²) in [7, 11) is 0. The van der Waals surface area contributed by atoms with Crippen LogP contribution in [0.3, 0.4) is 0 Å². The lowest BCUT2D eigenvalue weighted by molar-refractivity contribution is 0.641. The van der Waals surface area contributed by atoms with Crippen molar-refractivity contribution in [3.63, 3.8) is 0 Å². The van der Waals surface area contributed by atoms with E-state index in [9.17, 15) is 0 Å². The maximum Gasteiger partial charge on any atom is 0.0618 e. The Morgan fingerprint density at radius 2 is 1.03 bits per heavy atom. The maximum absolute atomic E-state index is 2.52. The zero-order valence-corrected chi connectivity index (χ0v) is 38.4. The Hall–Kier alpha value is -6.22. The van der Waals surface area contributed by atoms with Gasteiger partial charge >= 0.3 is 0 Å². The fourth-order valence-corrected chi connectivity index (χ4v) is 10.7. The normalized spacial score (nSPS) is 13.1. The van der Waals surface area contributed by atoms with E-state index in [1.165, 1.54) is 102 Å². The van der Waals surface area contributed by atoms with E-state index in [0.717, 1.165) is 24.2 Å². The van der Waals surface area contributed by atoms with E-state index in [0.29, 0.717) is 0 Å². The minimum atomic E-state index is -0.148. The molecule has 314 valence electrons. The summed E-state index contributed by atoms with van der Waals surface area (Å²) in [6.45, 7) is 11.6. The average Bonchev–Trinajstić information content (AvgIpc) is 4.01. The molecule has 0 saturated heterocycles. The molecule has 63 heavy (non-hydrogen) atoms. The number of hydrogen-bond donors (Lipinski definition) is 0. The van der Waals surface area contributed by atoms with E-state index in [4.69, 9.17) is 0 Å². The third kappa shape index (κ3) is 8.50. The molecule has 8 aromatic rings. The number of fused-ring (bicyclic) bond motifs is 2. The molecule has 0 bridgehead atoms. The highest BCUT2D eigenvalue weighted by molar-refractivity contribution is 7.16. The van der Waals surface area contributed by atoms with Gasteiger partial charge in [0.2, 0.25) is 0 Å². The first-order valence-electron chi connectivity index (χ1n) is 23.0. The Bertz CT molecular complexity index is 2770. The summed E-state index contributed by atoms with van der Waals surface area (Å²) in [5.41, 5.74) is 12.5. The summed E-state index contributed by atoms with van der Waals surface area (Å²) in [5.74, 6) is 0. The van der Waals surface area contributed by atoms with Crippen molar-refractivity contribution >= 4 is 56.0 Å². The SMILES string of the molecule is CCCCCCc1cc(-c2c3ccccc3c(N(c3ccc(C(C)(C)c4ccccc4)cc3)c3ccc(C(C)(C)c4ccccc4)cc3)c3ccccc23)sc1/C=C/C1=CC=CC1. The molecule has 0 atom stereocenters. The molecule has 0 N–H and O–H groups in total. The highest BCUT2D eigenvalue weighted by atomic mass is 32.1. The van der Waals surface area contributed by atoms with E-state index in [1.54, 1.807) is 0 Å². The van der Waals surface area contributed by atoms with Crippen molar-refractivity contribution < 1.29 is 0 Å². The van der Waals surface area contributed by atoms with Gasteiger partial charge in [-0.05, 0) is 99.8 Å². The average molecular weight is 838 g/mol. The maximum atomic E-state index is 2.52. The zero-order chi connectivity index (χ0) is 43.4. The second-order valence-corrected chi connectivity index (χ2v) is 19.3. The summed E-state index contributed by atoms with van der Waals surface area (Å²) < 4.78 is 0. The van der Waals surface area contributed by atoms with Crippen LogP contribution in [0.2, 0.25) is 0 Å². The Balaban J connectivity index is 1.22. The summed E-state index contributed by atoms with van der Waals surface area (Å²) in [6.07, 6.45) is 18.5. The molecule has 0 unspecified atom stereocenters. The molecular formula is C61H59NS. The van der Waals surface area contributed by atoms with Crippen LogP contribution < -0.4 is 4.90 Å². The number of thiophene rings is 1. The van der Waals surface area contributed by atoms with E-state index < -0.39 is 0 Å². The number of hydrogen-bond acceptors (Lipinski definition) is 2. The Labute approximate surface area is 379 Å². The lowest BCUT2D eigenvalue weighted by Gasteiger charge is -2.32. The summed E-state index contributed by atoms with van der Waals surface area (Å²) in [5, 5.41) is 5.03. The van der Waals surface area contributed by atoms with Crippen LogP contribution in [0.1, 0.15) is 99.4 Å². The van der Waals surface area contributed by atoms with E-state index in [2.05, 4.69) is 234 Å². The molecule has 7 aromatic carbocycles. The van der Waals surface area contributed by atoms with Crippen molar-refractivity contribution in [1.82, 2.24) is 0 Å². The van der Waals surface area contributed by atoms with E-state index >= 15 is 0 Å². The molecule has 1 aliphatic rings. The van der Waals surface area contributed by atoms with Crippen molar-refractivity contribution in [2.45, 2.75) is 84.0 Å². The molecule has 1 heterocycles. The van der Waals surface area contributed by atoms with Crippen LogP contribution in [0, 0.1) is 0 Å². The van der Waals surface area contributed by atoms with Crippen molar-refractivity contribution in [1.29, 1.82) is 0 Å². The molecule has 0 amide bonds. The van der Waals surface area contributed by atoms with Gasteiger partial charge in [-0.1, -0.05) is 212 Å².